The van der Waals surface area contributed by atoms with Crippen molar-refractivity contribution in [1.29, 1.82) is 0 Å². The van der Waals surface area contributed by atoms with Gasteiger partial charge in [0.25, 0.3) is 0 Å². The summed E-state index contributed by atoms with van der Waals surface area (Å²) in [6.07, 6.45) is 1.73. The molecule has 1 aliphatic heterocycles. The van der Waals surface area contributed by atoms with E-state index in [1.807, 2.05) is 48.5 Å². The first kappa shape index (κ1) is 27.6. The Morgan fingerprint density at radius 2 is 1.55 bits per heavy atom. The molecular formula is C24H40ClN3S. The Bertz CT molecular complexity index is 817. The van der Waals surface area contributed by atoms with E-state index in [0.717, 1.165) is 27.1 Å². The number of nitrogens with zero attached hydrogens (tertiary/aromatic N) is 1. The number of rotatable bonds is 3. The minimum Gasteiger partial charge on any atom is -0.359 e. The van der Waals surface area contributed by atoms with Gasteiger partial charge in [0.05, 0.1) is 22.1 Å². The van der Waals surface area contributed by atoms with Gasteiger partial charge in [0.2, 0.25) is 0 Å². The molecule has 0 saturated carbocycles. The summed E-state index contributed by atoms with van der Waals surface area (Å²) in [5, 5.41) is 6.41. The second-order valence-corrected chi connectivity index (χ2v) is 8.30. The number of imidazole rings is 1. The van der Waals surface area contributed by atoms with Crippen molar-refractivity contribution in [2.45, 2.75) is 85.9 Å². The van der Waals surface area contributed by atoms with Gasteiger partial charge >= 0.3 is 0 Å². The smallest absolute Gasteiger partial charge is 0.126 e. The number of benzene rings is 1. The van der Waals surface area contributed by atoms with Crippen LogP contribution in [0.2, 0.25) is 0 Å². The lowest BCUT2D eigenvalue weighted by Crippen LogP contribution is -2.42. The number of halogens is 1. The van der Waals surface area contributed by atoms with E-state index < -0.39 is 0 Å². The summed E-state index contributed by atoms with van der Waals surface area (Å²) in [6, 6.07) is 8.86. The Morgan fingerprint density at radius 3 is 2.07 bits per heavy atom. The molecular weight excluding hydrogens is 398 g/mol. The lowest BCUT2D eigenvalue weighted by molar-refractivity contribution is 0.590. The molecule has 3 rings (SSSR count). The molecule has 2 heterocycles. The van der Waals surface area contributed by atoms with E-state index in [2.05, 4.69) is 60.3 Å². The van der Waals surface area contributed by atoms with Gasteiger partial charge in [-0.05, 0) is 29.0 Å². The summed E-state index contributed by atoms with van der Waals surface area (Å²) < 4.78 is 0. The van der Waals surface area contributed by atoms with Gasteiger partial charge in [-0.2, -0.15) is 0 Å². The number of aromatic amines is 1. The summed E-state index contributed by atoms with van der Waals surface area (Å²) in [6.45, 7) is 20.7. The third-order valence-electron chi connectivity index (χ3n) is 4.08. The van der Waals surface area contributed by atoms with Gasteiger partial charge in [-0.25, -0.2) is 4.98 Å². The topological polar surface area (TPSA) is 40.7 Å². The van der Waals surface area contributed by atoms with Crippen LogP contribution in [0, 0.1) is 0 Å². The summed E-state index contributed by atoms with van der Waals surface area (Å²) in [5.74, 6) is 0.897. The first-order valence-electron chi connectivity index (χ1n) is 10.7. The van der Waals surface area contributed by atoms with Crippen molar-refractivity contribution >= 4 is 34.0 Å². The van der Waals surface area contributed by atoms with Crippen LogP contribution in [-0.4, -0.2) is 15.5 Å². The molecule has 1 aromatic carbocycles. The second-order valence-electron chi connectivity index (χ2n) is 6.88. The van der Waals surface area contributed by atoms with Crippen LogP contribution in [-0.2, 0) is 11.2 Å². The van der Waals surface area contributed by atoms with Crippen molar-refractivity contribution in [3.63, 3.8) is 0 Å². The quantitative estimate of drug-likeness (QED) is 0.448. The van der Waals surface area contributed by atoms with Gasteiger partial charge in [0.15, 0.2) is 0 Å². The van der Waals surface area contributed by atoms with Gasteiger partial charge in [-0.15, -0.1) is 11.8 Å². The Balaban J connectivity index is 0.00000120. The molecule has 1 aliphatic rings. The normalized spacial score (nSPS) is 14.8. The number of fused-ring (bicyclic) bond motifs is 1. The maximum atomic E-state index is 6.36. The van der Waals surface area contributed by atoms with Crippen molar-refractivity contribution in [2.75, 3.05) is 0 Å². The van der Waals surface area contributed by atoms with Crippen LogP contribution in [0.5, 0.6) is 0 Å². The molecule has 1 aromatic heterocycles. The molecule has 164 valence electrons. The molecule has 1 atom stereocenters. The van der Waals surface area contributed by atoms with Crippen molar-refractivity contribution in [2.24, 2.45) is 0 Å². The van der Waals surface area contributed by atoms with E-state index in [0.29, 0.717) is 0 Å². The van der Waals surface area contributed by atoms with Crippen LogP contribution in [0.3, 0.4) is 0 Å². The standard InChI is InChI=1S/C18H22ClN3S.3C2H6/c1-11-14-15(21-10-20-14)17(22-16(11)19)23-9-12-5-7-13(8-6-12)18(2,3)4;3*1-2/h5-8,10,16,22H,9H2,1-4H3,(H,20,21);3*1-2H3. The van der Waals surface area contributed by atoms with Gasteiger partial charge in [0, 0.05) is 5.75 Å². The van der Waals surface area contributed by atoms with E-state index in [4.69, 9.17) is 11.6 Å². The predicted octanol–water partition coefficient (Wildman–Crippen LogP) is 6.12. The third kappa shape index (κ3) is 7.75. The van der Waals surface area contributed by atoms with Gasteiger partial charge in [-0.1, -0.05) is 98.2 Å². The van der Waals surface area contributed by atoms with E-state index in [1.54, 1.807) is 18.1 Å². The molecule has 0 bridgehead atoms. The highest BCUT2D eigenvalue weighted by Gasteiger charge is 2.18. The maximum Gasteiger partial charge on any atom is 0.126 e. The highest BCUT2D eigenvalue weighted by Crippen LogP contribution is 2.26. The van der Waals surface area contributed by atoms with Crippen molar-refractivity contribution in [3.05, 3.63) is 52.4 Å². The maximum absolute atomic E-state index is 6.36. The van der Waals surface area contributed by atoms with Crippen LogP contribution < -0.4 is 16.0 Å². The number of alkyl halides is 1. The van der Waals surface area contributed by atoms with E-state index in [1.165, 1.54) is 11.1 Å². The fourth-order valence-electron chi connectivity index (χ4n) is 2.55. The molecule has 2 N–H and O–H groups in total. The highest BCUT2D eigenvalue weighted by molar-refractivity contribution is 8.07. The Morgan fingerprint density at radius 1 is 1.00 bits per heavy atom. The molecule has 0 spiro atoms. The molecule has 0 radical (unpaired) electrons. The zero-order valence-corrected chi connectivity index (χ0v) is 21.5. The van der Waals surface area contributed by atoms with Crippen LogP contribution >= 0.6 is 23.4 Å². The SMILES string of the molecule is CC.CC.CC.CC1=c2nc[nH]c2=C(SCc2ccc(C(C)(C)C)cc2)NC1Cl. The molecule has 0 aliphatic carbocycles. The number of nitrogens with one attached hydrogen (secondary N) is 2. The molecule has 0 amide bonds. The van der Waals surface area contributed by atoms with Gasteiger partial charge in [-0.3, -0.25) is 0 Å². The Labute approximate surface area is 187 Å². The van der Waals surface area contributed by atoms with E-state index >= 15 is 0 Å². The third-order valence-corrected chi connectivity index (χ3v) is 5.61. The van der Waals surface area contributed by atoms with Crippen molar-refractivity contribution in [1.82, 2.24) is 15.3 Å². The molecule has 1 unspecified atom stereocenters. The fraction of sp³-hybridized carbons (Fsp3) is 0.542. The van der Waals surface area contributed by atoms with E-state index in [-0.39, 0.29) is 10.9 Å². The lowest BCUT2D eigenvalue weighted by atomic mass is 9.87. The van der Waals surface area contributed by atoms with Crippen LogP contribution in [0.1, 0.15) is 80.4 Å². The van der Waals surface area contributed by atoms with Crippen molar-refractivity contribution < 1.29 is 0 Å². The van der Waals surface area contributed by atoms with Crippen LogP contribution in [0.25, 0.3) is 10.6 Å². The lowest BCUT2D eigenvalue weighted by Gasteiger charge is -2.20. The zero-order valence-electron chi connectivity index (χ0n) is 19.9. The van der Waals surface area contributed by atoms with Crippen LogP contribution in [0.4, 0.5) is 0 Å². The largest absolute Gasteiger partial charge is 0.359 e. The first-order valence-corrected chi connectivity index (χ1v) is 12.2. The average molecular weight is 438 g/mol. The molecule has 2 aromatic rings. The molecule has 5 heteroatoms. The number of hydrogen-bond donors (Lipinski definition) is 2. The summed E-state index contributed by atoms with van der Waals surface area (Å²) in [5.41, 5.74) is 3.71. The minimum atomic E-state index is -0.198. The van der Waals surface area contributed by atoms with Crippen LogP contribution in [0.15, 0.2) is 30.6 Å². The molecule has 3 nitrogen and oxygen atoms in total. The number of thioether (sulfide) groups is 1. The minimum absolute atomic E-state index is 0.190. The molecule has 0 fully saturated rings. The monoisotopic (exact) mass is 437 g/mol. The number of aromatic nitrogens is 2. The van der Waals surface area contributed by atoms with Gasteiger partial charge in [0.1, 0.15) is 5.50 Å². The Kier molecular flexibility index (Phi) is 13.1. The summed E-state index contributed by atoms with van der Waals surface area (Å²) in [7, 11) is 0. The Hall–Kier alpha value is -1.39. The summed E-state index contributed by atoms with van der Waals surface area (Å²) in [4.78, 5) is 7.59. The zero-order chi connectivity index (χ0) is 22.6. The number of hydrogen-bond acceptors (Lipinski definition) is 3. The summed E-state index contributed by atoms with van der Waals surface area (Å²) >= 11 is 8.12. The first-order chi connectivity index (χ1) is 13.9. The second kappa shape index (κ2) is 13.8. The average Bonchev–Trinajstić information content (AvgIpc) is 3.24. The highest BCUT2D eigenvalue weighted by atomic mass is 35.5. The van der Waals surface area contributed by atoms with Gasteiger partial charge < -0.3 is 10.3 Å². The number of H-pyrrole nitrogens is 1. The molecule has 0 saturated heterocycles. The predicted molar refractivity (Wildman–Crippen MR) is 134 cm³/mol. The fourth-order valence-corrected chi connectivity index (χ4v) is 3.83. The van der Waals surface area contributed by atoms with E-state index in [9.17, 15) is 0 Å². The molecule has 29 heavy (non-hydrogen) atoms. The van der Waals surface area contributed by atoms with Crippen molar-refractivity contribution in [3.8, 4) is 0 Å².